The fraction of sp³-hybridized carbons (Fsp3) is 0.320. The number of amides is 2. The lowest BCUT2D eigenvalue weighted by atomic mass is 10.0. The number of benzene rings is 2. The summed E-state index contributed by atoms with van der Waals surface area (Å²) in [5.41, 5.74) is 4.61. The quantitative estimate of drug-likeness (QED) is 0.681. The number of piperidine rings is 1. The molecule has 0 saturated carbocycles. The van der Waals surface area contributed by atoms with Crippen LogP contribution in [-0.2, 0) is 6.42 Å². The van der Waals surface area contributed by atoms with Crippen molar-refractivity contribution in [2.75, 3.05) is 36.5 Å². The number of urea groups is 1. The maximum absolute atomic E-state index is 13.1. The number of fused-ring (bicyclic) bond motifs is 1. The summed E-state index contributed by atoms with van der Waals surface area (Å²) in [6, 6.07) is 18.5. The number of carbonyl (C=O) groups is 1. The van der Waals surface area contributed by atoms with E-state index in [9.17, 15) is 4.79 Å². The molecule has 2 aromatic carbocycles. The van der Waals surface area contributed by atoms with Crippen molar-refractivity contribution in [3.05, 3.63) is 66.4 Å². The molecular formula is C25H27N5O2. The Hall–Kier alpha value is -3.61. The Morgan fingerprint density at radius 1 is 1.09 bits per heavy atom. The van der Waals surface area contributed by atoms with Gasteiger partial charge in [0.2, 0.25) is 11.8 Å². The molecule has 164 valence electrons. The van der Waals surface area contributed by atoms with E-state index in [-0.39, 0.29) is 12.1 Å². The van der Waals surface area contributed by atoms with Crippen molar-refractivity contribution in [1.82, 2.24) is 15.3 Å². The zero-order valence-corrected chi connectivity index (χ0v) is 18.2. The second-order valence-electron chi connectivity index (χ2n) is 8.24. The van der Waals surface area contributed by atoms with Gasteiger partial charge in [-0.05, 0) is 48.1 Å². The zero-order chi connectivity index (χ0) is 21.9. The maximum Gasteiger partial charge on any atom is 0.322 e. The highest BCUT2D eigenvalue weighted by Gasteiger charge is 2.29. The van der Waals surface area contributed by atoms with Gasteiger partial charge in [-0.3, -0.25) is 4.90 Å². The maximum atomic E-state index is 13.1. The Labute approximate surface area is 188 Å². The van der Waals surface area contributed by atoms with Crippen molar-refractivity contribution < 1.29 is 9.53 Å². The smallest absolute Gasteiger partial charge is 0.322 e. The minimum absolute atomic E-state index is 0.0328. The van der Waals surface area contributed by atoms with E-state index in [0.29, 0.717) is 24.9 Å². The monoisotopic (exact) mass is 429 g/mol. The van der Waals surface area contributed by atoms with Gasteiger partial charge in [0.25, 0.3) is 0 Å². The number of anilines is 2. The molecule has 7 nitrogen and oxygen atoms in total. The second kappa shape index (κ2) is 8.86. The first-order chi connectivity index (χ1) is 15.7. The fourth-order valence-corrected chi connectivity index (χ4v) is 4.55. The van der Waals surface area contributed by atoms with Crippen LogP contribution in [0.15, 0.2) is 60.8 Å². The number of hydrogen-bond acceptors (Lipinski definition) is 5. The predicted octanol–water partition coefficient (Wildman–Crippen LogP) is 3.89. The van der Waals surface area contributed by atoms with Gasteiger partial charge < -0.3 is 15.0 Å². The Bertz CT molecular complexity index is 1100. The average Bonchev–Trinajstić information content (AvgIpc) is 3.28. The third-order valence-electron chi connectivity index (χ3n) is 6.19. The summed E-state index contributed by atoms with van der Waals surface area (Å²) >= 11 is 0. The SMILES string of the molecule is COc1ccnc(N2CCCC(NC(=O)N3CCc4cc(-c5ccccc5)ccc43)C2)n1. The van der Waals surface area contributed by atoms with Crippen molar-refractivity contribution in [2.45, 2.75) is 25.3 Å². The summed E-state index contributed by atoms with van der Waals surface area (Å²) in [4.78, 5) is 25.9. The Kier molecular flexibility index (Phi) is 5.62. The first-order valence-corrected chi connectivity index (χ1v) is 11.1. The van der Waals surface area contributed by atoms with E-state index in [1.165, 1.54) is 16.7 Å². The van der Waals surface area contributed by atoms with E-state index >= 15 is 0 Å². The van der Waals surface area contributed by atoms with Gasteiger partial charge in [-0.2, -0.15) is 4.98 Å². The summed E-state index contributed by atoms with van der Waals surface area (Å²) in [7, 11) is 1.60. The van der Waals surface area contributed by atoms with E-state index < -0.39 is 0 Å². The van der Waals surface area contributed by atoms with Gasteiger partial charge in [0.05, 0.1) is 7.11 Å². The van der Waals surface area contributed by atoms with Gasteiger partial charge in [0.15, 0.2) is 0 Å². The third-order valence-corrected chi connectivity index (χ3v) is 6.19. The van der Waals surface area contributed by atoms with Crippen LogP contribution in [0.4, 0.5) is 16.4 Å². The fourth-order valence-electron chi connectivity index (χ4n) is 4.55. The van der Waals surface area contributed by atoms with Crippen molar-refractivity contribution in [2.24, 2.45) is 0 Å². The van der Waals surface area contributed by atoms with Gasteiger partial charge in [-0.15, -0.1) is 0 Å². The first kappa shape index (κ1) is 20.3. The van der Waals surface area contributed by atoms with Crippen molar-refractivity contribution in [3.8, 4) is 17.0 Å². The number of hydrogen-bond donors (Lipinski definition) is 1. The molecule has 0 bridgehead atoms. The standard InChI is InChI=1S/C25H27N5O2/c1-32-23-11-13-26-24(28-23)29-14-5-8-21(17-29)27-25(31)30-15-12-20-16-19(9-10-22(20)30)18-6-3-2-4-7-18/h2-4,6-7,9-11,13,16,21H,5,8,12,14-15,17H2,1H3,(H,27,31). The van der Waals surface area contributed by atoms with E-state index in [4.69, 9.17) is 4.74 Å². The molecule has 3 heterocycles. The lowest BCUT2D eigenvalue weighted by Crippen LogP contribution is -2.51. The third kappa shape index (κ3) is 4.10. The summed E-state index contributed by atoms with van der Waals surface area (Å²) in [5.74, 6) is 1.19. The molecule has 1 fully saturated rings. The topological polar surface area (TPSA) is 70.6 Å². The van der Waals surface area contributed by atoms with Crippen molar-refractivity contribution >= 4 is 17.7 Å². The normalized spacial score (nSPS) is 17.7. The lowest BCUT2D eigenvalue weighted by molar-refractivity contribution is 0.241. The first-order valence-electron chi connectivity index (χ1n) is 11.1. The molecule has 1 N–H and O–H groups in total. The van der Waals surface area contributed by atoms with Gasteiger partial charge >= 0.3 is 6.03 Å². The summed E-state index contributed by atoms with van der Waals surface area (Å²) in [6.07, 6.45) is 4.49. The van der Waals surface area contributed by atoms with Gasteiger partial charge in [-0.1, -0.05) is 36.4 Å². The molecule has 32 heavy (non-hydrogen) atoms. The van der Waals surface area contributed by atoms with E-state index in [0.717, 1.165) is 31.5 Å². The Morgan fingerprint density at radius 2 is 1.97 bits per heavy atom. The molecule has 1 unspecified atom stereocenters. The van der Waals surface area contributed by atoms with Crippen molar-refractivity contribution in [1.29, 1.82) is 0 Å². The van der Waals surface area contributed by atoms with Crippen LogP contribution in [0.2, 0.25) is 0 Å². The highest BCUT2D eigenvalue weighted by atomic mass is 16.5. The van der Waals surface area contributed by atoms with Crippen LogP contribution in [-0.4, -0.2) is 48.8 Å². The van der Waals surface area contributed by atoms with Gasteiger partial charge in [0.1, 0.15) is 0 Å². The Balaban J connectivity index is 1.26. The van der Waals surface area contributed by atoms with E-state index in [1.54, 1.807) is 19.4 Å². The van der Waals surface area contributed by atoms with Crippen LogP contribution in [0, 0.1) is 0 Å². The minimum atomic E-state index is -0.0328. The van der Waals surface area contributed by atoms with Gasteiger partial charge in [-0.25, -0.2) is 9.78 Å². The molecule has 1 atom stereocenters. The predicted molar refractivity (Wildman–Crippen MR) is 125 cm³/mol. The zero-order valence-electron chi connectivity index (χ0n) is 18.2. The molecule has 3 aromatic rings. The second-order valence-corrected chi connectivity index (χ2v) is 8.24. The molecule has 2 aliphatic rings. The summed E-state index contributed by atoms with van der Waals surface area (Å²) in [5, 5.41) is 3.23. The largest absolute Gasteiger partial charge is 0.481 e. The van der Waals surface area contributed by atoms with E-state index in [1.807, 2.05) is 23.1 Å². The number of carbonyl (C=O) groups excluding carboxylic acids is 1. The van der Waals surface area contributed by atoms with Crippen LogP contribution in [0.3, 0.4) is 0 Å². The van der Waals surface area contributed by atoms with Crippen LogP contribution in [0.1, 0.15) is 18.4 Å². The van der Waals surface area contributed by atoms with Crippen LogP contribution in [0.5, 0.6) is 5.88 Å². The number of rotatable bonds is 4. The van der Waals surface area contributed by atoms with Crippen LogP contribution < -0.4 is 19.9 Å². The molecule has 0 aliphatic carbocycles. The Morgan fingerprint density at radius 3 is 2.81 bits per heavy atom. The molecule has 5 rings (SSSR count). The van der Waals surface area contributed by atoms with Gasteiger partial charge in [0, 0.05) is 43.6 Å². The number of methoxy groups -OCH3 is 1. The lowest BCUT2D eigenvalue weighted by Gasteiger charge is -2.34. The molecule has 1 aromatic heterocycles. The highest BCUT2D eigenvalue weighted by Crippen LogP contribution is 2.32. The van der Waals surface area contributed by atoms with E-state index in [2.05, 4.69) is 50.5 Å². The molecule has 0 radical (unpaired) electrons. The number of aromatic nitrogens is 2. The molecule has 2 amide bonds. The number of nitrogens with one attached hydrogen (secondary N) is 1. The average molecular weight is 430 g/mol. The molecule has 0 spiro atoms. The molecule has 2 aliphatic heterocycles. The van der Waals surface area contributed by atoms with Crippen LogP contribution in [0.25, 0.3) is 11.1 Å². The molecule has 7 heteroatoms. The molecule has 1 saturated heterocycles. The van der Waals surface area contributed by atoms with Crippen LogP contribution >= 0.6 is 0 Å². The summed E-state index contributed by atoms with van der Waals surface area (Å²) in [6.45, 7) is 2.26. The molecular weight excluding hydrogens is 402 g/mol. The minimum Gasteiger partial charge on any atom is -0.481 e. The van der Waals surface area contributed by atoms with Crippen molar-refractivity contribution in [3.63, 3.8) is 0 Å². The summed E-state index contributed by atoms with van der Waals surface area (Å²) < 4.78 is 5.22. The number of nitrogens with zero attached hydrogens (tertiary/aromatic N) is 4. The number of ether oxygens (including phenoxy) is 1. The highest BCUT2D eigenvalue weighted by molar-refractivity contribution is 5.95.